The number of anilines is 1. The van der Waals surface area contributed by atoms with E-state index in [0.717, 1.165) is 16.7 Å². The summed E-state index contributed by atoms with van der Waals surface area (Å²) in [5.41, 5.74) is 4.14. The number of amides is 1. The van der Waals surface area contributed by atoms with Gasteiger partial charge < -0.3 is 28.5 Å². The van der Waals surface area contributed by atoms with Crippen LogP contribution in [0.2, 0.25) is 0 Å². The number of carbonyl (C=O) groups excluding carboxylic acids is 1. The summed E-state index contributed by atoms with van der Waals surface area (Å²) in [5, 5.41) is 6.65. The predicted octanol–water partition coefficient (Wildman–Crippen LogP) is 6.22. The Hall–Kier alpha value is -5.07. The summed E-state index contributed by atoms with van der Waals surface area (Å²) in [4.78, 5) is 12.9. The lowest BCUT2D eigenvalue weighted by atomic mass is 10.0. The molecule has 0 unspecified atom stereocenters. The first-order chi connectivity index (χ1) is 21.6. The maximum absolute atomic E-state index is 13.9. The number of nitrogens with one attached hydrogen (secondary N) is 1. The Labute approximate surface area is 261 Å². The van der Waals surface area contributed by atoms with Crippen molar-refractivity contribution < 1.29 is 36.4 Å². The quantitative estimate of drug-likeness (QED) is 0.170. The fourth-order valence-corrected chi connectivity index (χ4v) is 6.09. The minimum absolute atomic E-state index is 0.0206. The Bertz CT molecular complexity index is 1870. The second kappa shape index (κ2) is 13.3. The summed E-state index contributed by atoms with van der Waals surface area (Å²) in [5.74, 6) is 1.63. The van der Waals surface area contributed by atoms with E-state index in [0.29, 0.717) is 40.0 Å². The van der Waals surface area contributed by atoms with E-state index in [9.17, 15) is 13.2 Å². The molecule has 0 radical (unpaired) electrons. The minimum Gasteiger partial charge on any atom is -0.493 e. The average molecular weight is 632 g/mol. The second-order valence-corrected chi connectivity index (χ2v) is 12.2. The molecule has 5 aromatic rings. The van der Waals surface area contributed by atoms with Crippen LogP contribution in [-0.4, -0.2) is 45.1 Å². The third-order valence-corrected chi connectivity index (χ3v) is 9.09. The lowest BCUT2D eigenvalue weighted by molar-refractivity contribution is 0.101. The van der Waals surface area contributed by atoms with E-state index in [1.54, 1.807) is 30.3 Å². The van der Waals surface area contributed by atoms with Gasteiger partial charge in [0.1, 0.15) is 5.76 Å². The summed E-state index contributed by atoms with van der Waals surface area (Å²) in [6, 6.07) is 20.1. The highest BCUT2D eigenvalue weighted by molar-refractivity contribution is 7.89. The Morgan fingerprint density at radius 2 is 1.58 bits per heavy atom. The lowest BCUT2D eigenvalue weighted by Crippen LogP contribution is -2.30. The number of hydrogen-bond donors (Lipinski definition) is 1. The zero-order valence-electron chi connectivity index (χ0n) is 25.5. The molecule has 0 aliphatic heterocycles. The lowest BCUT2D eigenvalue weighted by Gasteiger charge is -2.23. The first kappa shape index (κ1) is 31.4. The third-order valence-electron chi connectivity index (χ3n) is 7.28. The molecule has 0 aliphatic carbocycles. The monoisotopic (exact) mass is 631 g/mol. The minimum atomic E-state index is -4.04. The third kappa shape index (κ3) is 6.87. The summed E-state index contributed by atoms with van der Waals surface area (Å²) in [6.07, 6.45) is 1.48. The summed E-state index contributed by atoms with van der Waals surface area (Å²) in [7, 11) is 0.436. The number of carbonyl (C=O) groups is 1. The SMILES string of the molecule is COc1cc(CN(Cc2ccco2)S(=O)(=O)c2ccc(NC(=O)c3cc(-c4ccc(C)c(C)c4)on3)cc2)cc(OC)c1OC. The van der Waals surface area contributed by atoms with Crippen molar-refractivity contribution in [1.82, 2.24) is 9.46 Å². The fraction of sp³-hybridized carbons (Fsp3) is 0.212. The highest BCUT2D eigenvalue weighted by atomic mass is 32.2. The molecule has 1 amide bonds. The Balaban J connectivity index is 1.36. The molecule has 2 heterocycles. The molecule has 0 fully saturated rings. The maximum Gasteiger partial charge on any atom is 0.277 e. The Kier molecular flexibility index (Phi) is 9.26. The van der Waals surface area contributed by atoms with E-state index in [2.05, 4.69) is 10.5 Å². The van der Waals surface area contributed by atoms with Crippen molar-refractivity contribution in [2.45, 2.75) is 31.8 Å². The van der Waals surface area contributed by atoms with E-state index >= 15 is 0 Å². The highest BCUT2D eigenvalue weighted by Crippen LogP contribution is 2.39. The van der Waals surface area contributed by atoms with Crippen LogP contribution in [0.15, 0.2) is 92.9 Å². The molecular formula is C33H33N3O8S. The highest BCUT2D eigenvalue weighted by Gasteiger charge is 2.27. The molecule has 0 saturated heterocycles. The van der Waals surface area contributed by atoms with Crippen LogP contribution >= 0.6 is 0 Å². The standard InChI is InChI=1S/C33H33N3O8S/c1-21-8-9-24(15-22(21)2)29-18-28(35-44-29)33(37)34-25-10-12-27(13-11-25)45(38,39)36(20-26-7-6-14-43-26)19-23-16-30(40-3)32(42-5)31(17-23)41-4/h6-18H,19-20H2,1-5H3,(H,34,37). The zero-order valence-corrected chi connectivity index (χ0v) is 26.3. The molecule has 234 valence electrons. The van der Waals surface area contributed by atoms with Gasteiger partial charge in [-0.1, -0.05) is 17.3 Å². The van der Waals surface area contributed by atoms with Crippen molar-refractivity contribution in [2.75, 3.05) is 26.6 Å². The van der Waals surface area contributed by atoms with E-state index in [-0.39, 0.29) is 23.7 Å². The molecular weight excluding hydrogens is 598 g/mol. The number of methoxy groups -OCH3 is 3. The van der Waals surface area contributed by atoms with Gasteiger partial charge in [0.15, 0.2) is 23.0 Å². The van der Waals surface area contributed by atoms with Crippen LogP contribution < -0.4 is 19.5 Å². The van der Waals surface area contributed by atoms with Gasteiger partial charge >= 0.3 is 0 Å². The van der Waals surface area contributed by atoms with Gasteiger partial charge in [0.25, 0.3) is 5.91 Å². The molecule has 12 heteroatoms. The number of aryl methyl sites for hydroxylation is 2. The molecule has 1 N–H and O–H groups in total. The van der Waals surface area contributed by atoms with Crippen LogP contribution in [0.4, 0.5) is 5.69 Å². The van der Waals surface area contributed by atoms with Crippen molar-refractivity contribution in [1.29, 1.82) is 0 Å². The molecule has 0 bridgehead atoms. The number of ether oxygens (including phenoxy) is 3. The van der Waals surface area contributed by atoms with Gasteiger partial charge in [-0.15, -0.1) is 0 Å². The van der Waals surface area contributed by atoms with Gasteiger partial charge in [-0.25, -0.2) is 8.42 Å². The van der Waals surface area contributed by atoms with E-state index in [1.807, 2.05) is 32.0 Å². The molecule has 0 aliphatic rings. The van der Waals surface area contributed by atoms with Crippen molar-refractivity contribution >= 4 is 21.6 Å². The number of furan rings is 1. The zero-order chi connectivity index (χ0) is 32.1. The maximum atomic E-state index is 13.9. The molecule has 5 rings (SSSR count). The Morgan fingerprint density at radius 3 is 2.18 bits per heavy atom. The Morgan fingerprint density at radius 1 is 0.867 bits per heavy atom. The topological polar surface area (TPSA) is 133 Å². The van der Waals surface area contributed by atoms with Crippen molar-refractivity contribution in [3.63, 3.8) is 0 Å². The summed E-state index contributed by atoms with van der Waals surface area (Å²) >= 11 is 0. The smallest absolute Gasteiger partial charge is 0.277 e. The summed E-state index contributed by atoms with van der Waals surface area (Å²) in [6.45, 7) is 3.96. The first-order valence-electron chi connectivity index (χ1n) is 13.9. The molecule has 3 aromatic carbocycles. The van der Waals surface area contributed by atoms with Gasteiger partial charge in [-0.2, -0.15) is 4.31 Å². The number of aromatic nitrogens is 1. The number of hydrogen-bond acceptors (Lipinski definition) is 9. The van der Waals surface area contributed by atoms with Gasteiger partial charge in [0.05, 0.1) is 39.0 Å². The van der Waals surface area contributed by atoms with Crippen LogP contribution in [-0.2, 0) is 23.1 Å². The molecule has 0 saturated carbocycles. The first-order valence-corrected chi connectivity index (χ1v) is 15.3. The second-order valence-electron chi connectivity index (χ2n) is 10.2. The molecule has 2 aromatic heterocycles. The van der Waals surface area contributed by atoms with Crippen molar-refractivity contribution in [2.24, 2.45) is 0 Å². The number of sulfonamides is 1. The molecule has 45 heavy (non-hydrogen) atoms. The largest absolute Gasteiger partial charge is 0.493 e. The normalized spacial score (nSPS) is 11.4. The van der Waals surface area contributed by atoms with E-state index in [1.165, 1.54) is 56.2 Å². The number of rotatable bonds is 12. The predicted molar refractivity (Wildman–Crippen MR) is 167 cm³/mol. The number of nitrogens with zero attached hydrogens (tertiary/aromatic N) is 2. The average Bonchev–Trinajstić information content (AvgIpc) is 3.75. The van der Waals surface area contributed by atoms with E-state index in [4.69, 9.17) is 23.2 Å². The van der Waals surface area contributed by atoms with Crippen molar-refractivity contribution in [3.05, 3.63) is 107 Å². The van der Waals surface area contributed by atoms with Crippen molar-refractivity contribution in [3.8, 4) is 28.6 Å². The summed E-state index contributed by atoms with van der Waals surface area (Å²) < 4.78 is 56.3. The van der Waals surface area contributed by atoms with Gasteiger partial charge in [0, 0.05) is 23.9 Å². The van der Waals surface area contributed by atoms with Crippen LogP contribution in [0, 0.1) is 13.8 Å². The van der Waals surface area contributed by atoms with Crippen LogP contribution in [0.5, 0.6) is 17.2 Å². The molecule has 11 nitrogen and oxygen atoms in total. The van der Waals surface area contributed by atoms with E-state index < -0.39 is 15.9 Å². The van der Waals surface area contributed by atoms with Gasteiger partial charge in [-0.3, -0.25) is 4.79 Å². The molecule has 0 spiro atoms. The molecule has 0 atom stereocenters. The van der Waals surface area contributed by atoms with Gasteiger partial charge in [0.2, 0.25) is 15.8 Å². The number of benzene rings is 3. The van der Waals surface area contributed by atoms with Crippen LogP contribution in [0.1, 0.15) is 32.9 Å². The van der Waals surface area contributed by atoms with Crippen LogP contribution in [0.3, 0.4) is 0 Å². The van der Waals surface area contributed by atoms with Crippen LogP contribution in [0.25, 0.3) is 11.3 Å². The van der Waals surface area contributed by atoms with Gasteiger partial charge in [-0.05, 0) is 85.1 Å². The fourth-order valence-electron chi connectivity index (χ4n) is 4.70.